The zero-order valence-corrected chi connectivity index (χ0v) is 14.9. The van der Waals surface area contributed by atoms with Gasteiger partial charge in [-0.15, -0.1) is 11.3 Å². The number of para-hydroxylation sites is 1. The van der Waals surface area contributed by atoms with Crippen LogP contribution >= 0.6 is 38.9 Å². The lowest BCUT2D eigenvalue weighted by atomic mass is 10.2. The lowest BCUT2D eigenvalue weighted by Crippen LogP contribution is -2.39. The summed E-state index contributed by atoms with van der Waals surface area (Å²) in [7, 11) is 1.93. The van der Waals surface area contributed by atoms with Crippen LogP contribution in [0.4, 0.5) is 5.69 Å². The van der Waals surface area contributed by atoms with Crippen molar-refractivity contribution in [3.8, 4) is 0 Å². The molecule has 1 atom stereocenters. The van der Waals surface area contributed by atoms with E-state index in [0.29, 0.717) is 10.7 Å². The molecule has 1 N–H and O–H groups in total. The Morgan fingerprint density at radius 2 is 2.10 bits per heavy atom. The van der Waals surface area contributed by atoms with Crippen LogP contribution in [0, 0.1) is 0 Å². The molecule has 0 saturated heterocycles. The topological polar surface area (TPSA) is 32.3 Å². The van der Waals surface area contributed by atoms with E-state index in [9.17, 15) is 4.79 Å². The molecule has 0 bridgehead atoms. The van der Waals surface area contributed by atoms with Crippen LogP contribution in [-0.4, -0.2) is 23.9 Å². The number of hydrogen-bond acceptors (Lipinski definition) is 3. The molecule has 0 radical (unpaired) electrons. The first-order valence-corrected chi connectivity index (χ1v) is 8.46. The van der Waals surface area contributed by atoms with Crippen LogP contribution in [0.3, 0.4) is 0 Å². The van der Waals surface area contributed by atoms with E-state index in [1.54, 1.807) is 23.5 Å². The van der Waals surface area contributed by atoms with E-state index in [2.05, 4.69) is 27.3 Å². The minimum Gasteiger partial charge on any atom is -0.323 e. The highest BCUT2D eigenvalue weighted by atomic mass is 79.9. The number of rotatable bonds is 5. The number of anilines is 1. The molecule has 112 valence electrons. The van der Waals surface area contributed by atoms with Gasteiger partial charge in [-0.1, -0.05) is 23.7 Å². The maximum Gasteiger partial charge on any atom is 0.241 e. The third-order valence-electron chi connectivity index (χ3n) is 3.21. The second-order valence-corrected chi connectivity index (χ2v) is 7.72. The van der Waals surface area contributed by atoms with Crippen LogP contribution in [0.5, 0.6) is 0 Å². The molecule has 0 fully saturated rings. The van der Waals surface area contributed by atoms with E-state index >= 15 is 0 Å². The summed E-state index contributed by atoms with van der Waals surface area (Å²) in [5.41, 5.74) is 0.642. The van der Waals surface area contributed by atoms with Gasteiger partial charge in [-0.25, -0.2) is 0 Å². The summed E-state index contributed by atoms with van der Waals surface area (Å²) in [6.45, 7) is 2.61. The van der Waals surface area contributed by atoms with Crippen LogP contribution in [0.2, 0.25) is 5.02 Å². The minimum absolute atomic E-state index is 0.0683. The van der Waals surface area contributed by atoms with Crippen molar-refractivity contribution in [3.63, 3.8) is 0 Å². The fraction of sp³-hybridized carbons (Fsp3) is 0.267. The van der Waals surface area contributed by atoms with E-state index in [4.69, 9.17) is 11.6 Å². The van der Waals surface area contributed by atoms with Crippen LogP contribution in [-0.2, 0) is 11.3 Å². The molecule has 0 aliphatic carbocycles. The molecule has 1 amide bonds. The average molecular weight is 388 g/mol. The Bertz CT molecular complexity index is 632. The molecule has 0 saturated carbocycles. The highest BCUT2D eigenvalue weighted by Gasteiger charge is 2.19. The molecule has 1 aromatic heterocycles. The van der Waals surface area contributed by atoms with Gasteiger partial charge in [0, 0.05) is 11.4 Å². The van der Waals surface area contributed by atoms with E-state index in [-0.39, 0.29) is 11.9 Å². The van der Waals surface area contributed by atoms with Crippen molar-refractivity contribution >= 4 is 50.5 Å². The number of thiophene rings is 1. The number of benzene rings is 1. The number of likely N-dealkylation sites (N-methyl/N-ethyl adjacent to an activating group) is 1. The van der Waals surface area contributed by atoms with Crippen molar-refractivity contribution in [2.75, 3.05) is 12.4 Å². The van der Waals surface area contributed by atoms with Gasteiger partial charge in [0.25, 0.3) is 0 Å². The van der Waals surface area contributed by atoms with Crippen LogP contribution in [0.25, 0.3) is 0 Å². The minimum atomic E-state index is -0.248. The largest absolute Gasteiger partial charge is 0.323 e. The third kappa shape index (κ3) is 4.54. The molecule has 6 heteroatoms. The highest BCUT2D eigenvalue weighted by molar-refractivity contribution is 9.11. The number of amides is 1. The molecule has 1 aromatic carbocycles. The van der Waals surface area contributed by atoms with Gasteiger partial charge >= 0.3 is 0 Å². The van der Waals surface area contributed by atoms with Crippen molar-refractivity contribution in [3.05, 3.63) is 50.1 Å². The third-order valence-corrected chi connectivity index (χ3v) is 5.14. The number of hydrogen-bond donors (Lipinski definition) is 1. The molecule has 1 unspecified atom stereocenters. The van der Waals surface area contributed by atoms with Gasteiger partial charge in [0.2, 0.25) is 5.91 Å². The van der Waals surface area contributed by atoms with E-state index in [0.717, 1.165) is 10.3 Å². The normalized spacial score (nSPS) is 12.4. The van der Waals surface area contributed by atoms with E-state index < -0.39 is 0 Å². The second-order valence-electron chi connectivity index (χ2n) is 4.77. The fourth-order valence-corrected chi connectivity index (χ4v) is 3.55. The van der Waals surface area contributed by atoms with Crippen molar-refractivity contribution in [1.82, 2.24) is 4.90 Å². The summed E-state index contributed by atoms with van der Waals surface area (Å²) in [5.74, 6) is -0.0683. The Balaban J connectivity index is 1.97. The summed E-state index contributed by atoms with van der Waals surface area (Å²) in [6.07, 6.45) is 0. The van der Waals surface area contributed by atoms with Crippen LogP contribution in [0.15, 0.2) is 40.2 Å². The smallest absolute Gasteiger partial charge is 0.241 e. The van der Waals surface area contributed by atoms with Gasteiger partial charge in [0.15, 0.2) is 0 Å². The number of carbonyl (C=O) groups is 1. The average Bonchev–Trinajstić information content (AvgIpc) is 2.85. The molecule has 0 aliphatic rings. The summed E-state index contributed by atoms with van der Waals surface area (Å²) < 4.78 is 1.10. The maximum atomic E-state index is 12.3. The van der Waals surface area contributed by atoms with Crippen molar-refractivity contribution in [2.24, 2.45) is 0 Å². The molecule has 3 nitrogen and oxygen atoms in total. The summed E-state index contributed by atoms with van der Waals surface area (Å²) in [5, 5.41) is 3.41. The number of carbonyl (C=O) groups excluding carboxylic acids is 1. The molecule has 1 heterocycles. The first-order chi connectivity index (χ1) is 9.97. The second kappa shape index (κ2) is 7.40. The molecule has 2 aromatic rings. The summed E-state index contributed by atoms with van der Waals surface area (Å²) >= 11 is 11.2. The Kier molecular flexibility index (Phi) is 5.81. The van der Waals surface area contributed by atoms with E-state index in [1.165, 1.54) is 4.88 Å². The van der Waals surface area contributed by atoms with E-state index in [1.807, 2.05) is 37.1 Å². The predicted molar refractivity (Wildman–Crippen MR) is 93.0 cm³/mol. The standard InChI is InChI=1S/C15H16BrClN2OS/c1-10(19(2)9-11-7-8-14(16)21-11)15(20)18-13-6-4-3-5-12(13)17/h3-8,10H,9H2,1-2H3,(H,18,20). The Labute approximate surface area is 142 Å². The molecule has 21 heavy (non-hydrogen) atoms. The van der Waals surface area contributed by atoms with Gasteiger partial charge in [-0.3, -0.25) is 9.69 Å². The first kappa shape index (κ1) is 16.5. The maximum absolute atomic E-state index is 12.3. The Morgan fingerprint density at radius 1 is 1.38 bits per heavy atom. The first-order valence-electron chi connectivity index (χ1n) is 6.47. The number of nitrogens with zero attached hydrogens (tertiary/aromatic N) is 1. The summed E-state index contributed by atoms with van der Waals surface area (Å²) in [6, 6.07) is 11.1. The Hall–Kier alpha value is -0.880. The van der Waals surface area contributed by atoms with Gasteiger partial charge in [-0.2, -0.15) is 0 Å². The monoisotopic (exact) mass is 386 g/mol. The number of nitrogens with one attached hydrogen (secondary N) is 1. The van der Waals surface area contributed by atoms with Gasteiger partial charge in [0.1, 0.15) is 0 Å². The van der Waals surface area contributed by atoms with Crippen LogP contribution < -0.4 is 5.32 Å². The molecular formula is C15H16BrClN2OS. The van der Waals surface area contributed by atoms with Gasteiger partial charge in [0.05, 0.1) is 20.5 Å². The quantitative estimate of drug-likeness (QED) is 0.811. The molecular weight excluding hydrogens is 372 g/mol. The lowest BCUT2D eigenvalue weighted by molar-refractivity contribution is -0.120. The zero-order chi connectivity index (χ0) is 15.4. The molecule has 2 rings (SSSR count). The van der Waals surface area contributed by atoms with Crippen molar-refractivity contribution < 1.29 is 4.79 Å². The molecule has 0 aliphatic heterocycles. The number of halogens is 2. The predicted octanol–water partition coefficient (Wildman–Crippen LogP) is 4.62. The van der Waals surface area contributed by atoms with Gasteiger partial charge in [-0.05, 0) is 54.2 Å². The highest BCUT2D eigenvalue weighted by Crippen LogP contribution is 2.24. The summed E-state index contributed by atoms with van der Waals surface area (Å²) in [4.78, 5) is 15.5. The lowest BCUT2D eigenvalue weighted by Gasteiger charge is -2.23. The van der Waals surface area contributed by atoms with Crippen molar-refractivity contribution in [1.29, 1.82) is 0 Å². The van der Waals surface area contributed by atoms with Crippen molar-refractivity contribution in [2.45, 2.75) is 19.5 Å². The SMILES string of the molecule is CC(C(=O)Nc1ccccc1Cl)N(C)Cc1ccc(Br)s1. The Morgan fingerprint density at radius 3 is 2.71 bits per heavy atom. The zero-order valence-electron chi connectivity index (χ0n) is 11.8. The van der Waals surface area contributed by atoms with Gasteiger partial charge < -0.3 is 5.32 Å². The fourth-order valence-electron chi connectivity index (χ4n) is 1.82. The molecule has 0 spiro atoms. The van der Waals surface area contributed by atoms with Crippen LogP contribution in [0.1, 0.15) is 11.8 Å².